The van der Waals surface area contributed by atoms with Crippen molar-refractivity contribution in [1.29, 1.82) is 0 Å². The van der Waals surface area contributed by atoms with Gasteiger partial charge in [0, 0.05) is 18.3 Å². The first-order chi connectivity index (χ1) is 14.3. The SMILES string of the molecule is CS(=O)(=O)c1ccc(C=C(C(=O)NC2CCCCC2)C(=O)NC2CCCCC2)cc1. The number of sulfone groups is 1. The highest BCUT2D eigenvalue weighted by atomic mass is 32.2. The van der Waals surface area contributed by atoms with Crippen LogP contribution in [0.1, 0.15) is 69.8 Å². The van der Waals surface area contributed by atoms with Gasteiger partial charge in [-0.1, -0.05) is 50.7 Å². The van der Waals surface area contributed by atoms with Gasteiger partial charge in [-0.3, -0.25) is 9.59 Å². The van der Waals surface area contributed by atoms with Crippen LogP contribution in [0.4, 0.5) is 0 Å². The summed E-state index contributed by atoms with van der Waals surface area (Å²) in [5, 5.41) is 6.06. The fourth-order valence-electron chi connectivity index (χ4n) is 4.23. The predicted octanol–water partition coefficient (Wildman–Crippen LogP) is 3.37. The van der Waals surface area contributed by atoms with Gasteiger partial charge in [0.25, 0.3) is 11.8 Å². The fraction of sp³-hybridized carbons (Fsp3) is 0.565. The lowest BCUT2D eigenvalue weighted by Gasteiger charge is -2.25. The van der Waals surface area contributed by atoms with Gasteiger partial charge >= 0.3 is 0 Å². The second-order valence-electron chi connectivity index (χ2n) is 8.52. The highest BCUT2D eigenvalue weighted by Gasteiger charge is 2.25. The molecule has 2 amide bonds. The maximum absolute atomic E-state index is 13.0. The third kappa shape index (κ3) is 6.42. The Morgan fingerprint density at radius 3 is 1.63 bits per heavy atom. The molecule has 30 heavy (non-hydrogen) atoms. The van der Waals surface area contributed by atoms with Crippen molar-refractivity contribution < 1.29 is 18.0 Å². The summed E-state index contributed by atoms with van der Waals surface area (Å²) in [6.45, 7) is 0. The molecule has 2 fully saturated rings. The molecule has 1 aromatic carbocycles. The molecule has 1 aromatic rings. The molecule has 0 bridgehead atoms. The first-order valence-electron chi connectivity index (χ1n) is 11.0. The normalized spacial score (nSPS) is 18.4. The third-order valence-electron chi connectivity index (χ3n) is 5.99. The molecule has 0 heterocycles. The van der Waals surface area contributed by atoms with E-state index in [1.807, 2.05) is 0 Å². The largest absolute Gasteiger partial charge is 0.349 e. The molecule has 164 valence electrons. The molecule has 0 aromatic heterocycles. The number of hydrogen-bond acceptors (Lipinski definition) is 4. The van der Waals surface area contributed by atoms with Crippen molar-refractivity contribution in [3.8, 4) is 0 Å². The van der Waals surface area contributed by atoms with Crippen LogP contribution in [-0.4, -0.2) is 38.6 Å². The number of benzene rings is 1. The van der Waals surface area contributed by atoms with Crippen LogP contribution >= 0.6 is 0 Å². The highest BCUT2D eigenvalue weighted by Crippen LogP contribution is 2.20. The zero-order valence-electron chi connectivity index (χ0n) is 17.7. The topological polar surface area (TPSA) is 92.3 Å². The molecule has 2 N–H and O–H groups in total. The number of carbonyl (C=O) groups excluding carboxylic acids is 2. The Bertz CT molecular complexity index is 844. The van der Waals surface area contributed by atoms with Crippen molar-refractivity contribution in [3.63, 3.8) is 0 Å². The van der Waals surface area contributed by atoms with Crippen LogP contribution in [0.5, 0.6) is 0 Å². The lowest BCUT2D eigenvalue weighted by atomic mass is 9.94. The van der Waals surface area contributed by atoms with Gasteiger partial charge in [0.15, 0.2) is 9.84 Å². The van der Waals surface area contributed by atoms with Crippen molar-refractivity contribution in [2.75, 3.05) is 6.26 Å². The Kier molecular flexibility index (Phi) is 7.69. The van der Waals surface area contributed by atoms with E-state index in [0.717, 1.165) is 57.6 Å². The van der Waals surface area contributed by atoms with E-state index in [0.29, 0.717) is 5.56 Å². The molecular weight excluding hydrogens is 400 g/mol. The lowest BCUT2D eigenvalue weighted by molar-refractivity contribution is -0.124. The zero-order chi connectivity index (χ0) is 21.6. The summed E-state index contributed by atoms with van der Waals surface area (Å²) in [6.07, 6.45) is 13.2. The van der Waals surface area contributed by atoms with Crippen molar-refractivity contribution >= 4 is 27.7 Å². The number of nitrogens with one attached hydrogen (secondary N) is 2. The average molecular weight is 433 g/mol. The molecule has 2 aliphatic rings. The zero-order valence-corrected chi connectivity index (χ0v) is 18.5. The molecule has 0 unspecified atom stereocenters. The second-order valence-corrected chi connectivity index (χ2v) is 10.5. The van der Waals surface area contributed by atoms with E-state index < -0.39 is 9.84 Å². The van der Waals surface area contributed by atoms with Crippen LogP contribution in [0.15, 0.2) is 34.7 Å². The number of rotatable bonds is 6. The molecule has 0 atom stereocenters. The van der Waals surface area contributed by atoms with E-state index in [9.17, 15) is 18.0 Å². The molecule has 7 heteroatoms. The van der Waals surface area contributed by atoms with Crippen molar-refractivity contribution in [2.24, 2.45) is 0 Å². The summed E-state index contributed by atoms with van der Waals surface area (Å²) in [7, 11) is -3.30. The van der Waals surface area contributed by atoms with E-state index in [-0.39, 0.29) is 34.4 Å². The Morgan fingerprint density at radius 2 is 1.23 bits per heavy atom. The minimum absolute atomic E-state index is 0.0817. The van der Waals surface area contributed by atoms with Crippen LogP contribution in [0.2, 0.25) is 0 Å². The average Bonchev–Trinajstić information content (AvgIpc) is 2.73. The van der Waals surface area contributed by atoms with Crippen LogP contribution in [0.3, 0.4) is 0 Å². The van der Waals surface area contributed by atoms with Crippen LogP contribution in [0.25, 0.3) is 6.08 Å². The molecule has 0 saturated heterocycles. The Hall–Kier alpha value is -2.15. The van der Waals surface area contributed by atoms with Gasteiger partial charge < -0.3 is 10.6 Å². The highest BCUT2D eigenvalue weighted by molar-refractivity contribution is 7.90. The Morgan fingerprint density at radius 1 is 0.800 bits per heavy atom. The standard InChI is InChI=1S/C23H32N2O4S/c1-30(28,29)20-14-12-17(13-15-20)16-21(22(26)24-18-8-4-2-5-9-18)23(27)25-19-10-6-3-7-11-19/h12-16,18-19H,2-11H2,1H3,(H,24,26)(H,25,27). The van der Waals surface area contributed by atoms with Gasteiger partial charge in [-0.25, -0.2) is 8.42 Å². The van der Waals surface area contributed by atoms with Crippen LogP contribution < -0.4 is 10.6 Å². The number of amides is 2. The second kappa shape index (κ2) is 10.2. The fourth-order valence-corrected chi connectivity index (χ4v) is 4.86. The first kappa shape index (κ1) is 22.5. The van der Waals surface area contributed by atoms with Crippen LogP contribution in [0, 0.1) is 0 Å². The molecular formula is C23H32N2O4S. The molecule has 0 aliphatic heterocycles. The van der Waals surface area contributed by atoms with Gasteiger partial charge in [-0.15, -0.1) is 0 Å². The van der Waals surface area contributed by atoms with Gasteiger partial charge in [-0.05, 0) is 49.5 Å². The lowest BCUT2D eigenvalue weighted by Crippen LogP contribution is -2.43. The van der Waals surface area contributed by atoms with E-state index in [4.69, 9.17) is 0 Å². The molecule has 3 rings (SSSR count). The molecule has 0 spiro atoms. The number of hydrogen-bond donors (Lipinski definition) is 2. The maximum atomic E-state index is 13.0. The Balaban J connectivity index is 1.80. The summed E-state index contributed by atoms with van der Waals surface area (Å²) in [6, 6.07) is 6.44. The Labute approximate surface area is 179 Å². The predicted molar refractivity (Wildman–Crippen MR) is 118 cm³/mol. The monoisotopic (exact) mass is 432 g/mol. The summed E-state index contributed by atoms with van der Waals surface area (Å²) in [4.78, 5) is 26.2. The molecule has 6 nitrogen and oxygen atoms in total. The van der Waals surface area contributed by atoms with Gasteiger partial charge in [0.2, 0.25) is 0 Å². The molecule has 2 aliphatic carbocycles. The summed E-state index contributed by atoms with van der Waals surface area (Å²) >= 11 is 0. The first-order valence-corrected chi connectivity index (χ1v) is 12.9. The maximum Gasteiger partial charge on any atom is 0.257 e. The van der Waals surface area contributed by atoms with Gasteiger partial charge in [0.1, 0.15) is 5.57 Å². The summed E-state index contributed by atoms with van der Waals surface area (Å²) in [5.74, 6) is -0.718. The summed E-state index contributed by atoms with van der Waals surface area (Å²) in [5.41, 5.74) is 0.702. The minimum atomic E-state index is -3.30. The van der Waals surface area contributed by atoms with Crippen molar-refractivity contribution in [2.45, 2.75) is 81.2 Å². The van der Waals surface area contributed by atoms with Crippen molar-refractivity contribution in [1.82, 2.24) is 10.6 Å². The van der Waals surface area contributed by atoms with E-state index in [1.54, 1.807) is 18.2 Å². The smallest absolute Gasteiger partial charge is 0.257 e. The van der Waals surface area contributed by atoms with Gasteiger partial charge in [0.05, 0.1) is 4.90 Å². The number of carbonyl (C=O) groups is 2. The van der Waals surface area contributed by atoms with Crippen LogP contribution in [-0.2, 0) is 19.4 Å². The minimum Gasteiger partial charge on any atom is -0.349 e. The van der Waals surface area contributed by atoms with Crippen molar-refractivity contribution in [3.05, 3.63) is 35.4 Å². The van der Waals surface area contributed by atoms with E-state index in [1.165, 1.54) is 25.0 Å². The van der Waals surface area contributed by atoms with E-state index in [2.05, 4.69) is 10.6 Å². The molecule has 0 radical (unpaired) electrons. The van der Waals surface area contributed by atoms with E-state index >= 15 is 0 Å². The van der Waals surface area contributed by atoms with Gasteiger partial charge in [-0.2, -0.15) is 0 Å². The molecule has 2 saturated carbocycles. The summed E-state index contributed by atoms with van der Waals surface area (Å²) < 4.78 is 23.4. The quantitative estimate of drug-likeness (QED) is 0.409. The third-order valence-corrected chi connectivity index (χ3v) is 7.12.